The van der Waals surface area contributed by atoms with Gasteiger partial charge in [-0.25, -0.2) is 0 Å². The van der Waals surface area contributed by atoms with Gasteiger partial charge in [-0.1, -0.05) is 67.1 Å². The van der Waals surface area contributed by atoms with Crippen molar-refractivity contribution < 1.29 is 14.3 Å². The quantitative estimate of drug-likeness (QED) is 0.491. The van der Waals surface area contributed by atoms with Crippen LogP contribution in [0.4, 0.5) is 5.69 Å². The monoisotopic (exact) mass is 436 g/mol. The Labute approximate surface area is 187 Å². The summed E-state index contributed by atoms with van der Waals surface area (Å²) >= 11 is 6.21. The Balaban J connectivity index is 1.58. The predicted molar refractivity (Wildman–Crippen MR) is 124 cm³/mol. The fraction of sp³-hybridized carbons (Fsp3) is 0.200. The lowest BCUT2D eigenvalue weighted by atomic mass is 10.0. The zero-order valence-corrected chi connectivity index (χ0v) is 18.1. The number of rotatable bonds is 9. The molecule has 3 aromatic rings. The van der Waals surface area contributed by atoms with E-state index >= 15 is 0 Å². The molecule has 0 fully saturated rings. The number of anilines is 1. The molecule has 3 aromatic carbocycles. The van der Waals surface area contributed by atoms with Crippen molar-refractivity contribution in [1.29, 1.82) is 0 Å². The molecule has 0 bridgehead atoms. The summed E-state index contributed by atoms with van der Waals surface area (Å²) in [6, 6.07) is 22.6. The minimum atomic E-state index is -0.311. The van der Waals surface area contributed by atoms with Gasteiger partial charge in [0.25, 0.3) is 11.8 Å². The third-order valence-electron chi connectivity index (χ3n) is 4.60. The van der Waals surface area contributed by atoms with Crippen LogP contribution < -0.4 is 15.4 Å². The molecule has 0 atom stereocenters. The zero-order valence-electron chi connectivity index (χ0n) is 17.4. The van der Waals surface area contributed by atoms with Crippen LogP contribution in [-0.4, -0.2) is 25.0 Å². The fourth-order valence-corrected chi connectivity index (χ4v) is 3.32. The van der Waals surface area contributed by atoms with Gasteiger partial charge in [0.1, 0.15) is 5.75 Å². The van der Waals surface area contributed by atoms with Crippen molar-refractivity contribution in [2.45, 2.75) is 19.8 Å². The summed E-state index contributed by atoms with van der Waals surface area (Å²) < 4.78 is 5.77. The summed E-state index contributed by atoms with van der Waals surface area (Å²) in [6.07, 6.45) is 1.56. The van der Waals surface area contributed by atoms with Gasteiger partial charge in [-0.05, 0) is 41.8 Å². The Hall–Kier alpha value is -3.31. The van der Waals surface area contributed by atoms with E-state index in [2.05, 4.69) is 22.8 Å². The Kier molecular flexibility index (Phi) is 8.07. The smallest absolute Gasteiger partial charge is 0.262 e. The number of amides is 2. The maximum atomic E-state index is 12.4. The molecule has 0 aliphatic heterocycles. The Morgan fingerprint density at radius 3 is 2.45 bits per heavy atom. The molecule has 0 spiro atoms. The summed E-state index contributed by atoms with van der Waals surface area (Å²) in [4.78, 5) is 24.4. The van der Waals surface area contributed by atoms with E-state index in [1.165, 1.54) is 5.56 Å². The van der Waals surface area contributed by atoms with Crippen LogP contribution in [0.5, 0.6) is 5.75 Å². The van der Waals surface area contributed by atoms with Crippen LogP contribution in [0.15, 0.2) is 72.8 Å². The van der Waals surface area contributed by atoms with Crippen molar-refractivity contribution >= 4 is 29.1 Å². The van der Waals surface area contributed by atoms with Gasteiger partial charge in [0.2, 0.25) is 0 Å². The van der Waals surface area contributed by atoms with E-state index in [0.717, 1.165) is 18.4 Å². The summed E-state index contributed by atoms with van der Waals surface area (Å²) in [5.74, 6) is 0.124. The molecule has 2 N–H and O–H groups in total. The van der Waals surface area contributed by atoms with Crippen LogP contribution in [0.2, 0.25) is 5.02 Å². The Bertz CT molecular complexity index is 1040. The van der Waals surface area contributed by atoms with Gasteiger partial charge in [0.05, 0.1) is 10.6 Å². The second kappa shape index (κ2) is 11.2. The number of halogens is 1. The van der Waals surface area contributed by atoms with E-state index in [1.807, 2.05) is 49.4 Å². The molecule has 31 heavy (non-hydrogen) atoms. The molecule has 0 aromatic heterocycles. The number of carbonyl (C=O) groups is 2. The maximum Gasteiger partial charge on any atom is 0.262 e. The first-order valence-corrected chi connectivity index (χ1v) is 10.6. The van der Waals surface area contributed by atoms with Crippen molar-refractivity contribution in [2.75, 3.05) is 18.5 Å². The third kappa shape index (κ3) is 6.59. The lowest BCUT2D eigenvalue weighted by Gasteiger charge is -2.12. The van der Waals surface area contributed by atoms with Gasteiger partial charge in [-0.3, -0.25) is 9.59 Å². The SMILES string of the molecule is CCCNC(=O)c1ccc(NC(=O)COc2ccccc2Cc2ccccc2)cc1Cl. The minimum Gasteiger partial charge on any atom is -0.483 e. The first-order valence-electron chi connectivity index (χ1n) is 10.2. The van der Waals surface area contributed by atoms with Gasteiger partial charge in [0.15, 0.2) is 6.61 Å². The van der Waals surface area contributed by atoms with Crippen molar-refractivity contribution in [3.8, 4) is 5.75 Å². The highest BCUT2D eigenvalue weighted by Gasteiger charge is 2.12. The lowest BCUT2D eigenvalue weighted by Crippen LogP contribution is -2.24. The second-order valence-electron chi connectivity index (χ2n) is 7.06. The molecule has 2 amide bonds. The molecule has 5 nitrogen and oxygen atoms in total. The Morgan fingerprint density at radius 2 is 1.71 bits per heavy atom. The number of hydrogen-bond donors (Lipinski definition) is 2. The van der Waals surface area contributed by atoms with E-state index in [4.69, 9.17) is 16.3 Å². The normalized spacial score (nSPS) is 10.4. The number of carbonyl (C=O) groups excluding carboxylic acids is 2. The molecule has 160 valence electrons. The van der Waals surface area contributed by atoms with Crippen LogP contribution in [0.25, 0.3) is 0 Å². The molecule has 0 unspecified atom stereocenters. The van der Waals surface area contributed by atoms with Crippen molar-refractivity contribution in [3.63, 3.8) is 0 Å². The third-order valence-corrected chi connectivity index (χ3v) is 4.91. The molecule has 0 heterocycles. The van der Waals surface area contributed by atoms with E-state index in [-0.39, 0.29) is 23.4 Å². The van der Waals surface area contributed by atoms with Crippen LogP contribution in [0.1, 0.15) is 34.8 Å². The van der Waals surface area contributed by atoms with E-state index in [1.54, 1.807) is 18.2 Å². The summed E-state index contributed by atoms with van der Waals surface area (Å²) in [6.45, 7) is 2.42. The standard InChI is InChI=1S/C25H25ClN2O3/c1-2-14-27-25(30)21-13-12-20(16-22(21)26)28-24(29)17-31-23-11-7-6-10-19(23)15-18-8-4-3-5-9-18/h3-13,16H,2,14-15,17H2,1H3,(H,27,30)(H,28,29). The van der Waals surface area contributed by atoms with Crippen LogP contribution in [-0.2, 0) is 11.2 Å². The number of hydrogen-bond acceptors (Lipinski definition) is 3. The van der Waals surface area contributed by atoms with Gasteiger partial charge >= 0.3 is 0 Å². The van der Waals surface area contributed by atoms with Crippen molar-refractivity contribution in [3.05, 3.63) is 94.5 Å². The van der Waals surface area contributed by atoms with Gasteiger partial charge in [-0.2, -0.15) is 0 Å². The number of ether oxygens (including phenoxy) is 1. The molecule has 0 saturated carbocycles. The number of para-hydroxylation sites is 1. The second-order valence-corrected chi connectivity index (χ2v) is 7.46. The van der Waals surface area contributed by atoms with Crippen LogP contribution in [0.3, 0.4) is 0 Å². The topological polar surface area (TPSA) is 67.4 Å². The molecule has 0 aliphatic carbocycles. The van der Waals surface area contributed by atoms with E-state index < -0.39 is 0 Å². The largest absolute Gasteiger partial charge is 0.483 e. The summed E-state index contributed by atoms with van der Waals surface area (Å²) in [5, 5.41) is 5.81. The minimum absolute atomic E-state index is 0.137. The van der Waals surface area contributed by atoms with Gasteiger partial charge < -0.3 is 15.4 Å². The molecule has 6 heteroatoms. The average molecular weight is 437 g/mol. The molecular weight excluding hydrogens is 412 g/mol. The van der Waals surface area contributed by atoms with E-state index in [9.17, 15) is 9.59 Å². The Morgan fingerprint density at radius 1 is 0.968 bits per heavy atom. The summed E-state index contributed by atoms with van der Waals surface area (Å²) in [5.41, 5.74) is 3.05. The number of nitrogens with one attached hydrogen (secondary N) is 2. The first kappa shape index (κ1) is 22.4. The molecule has 0 radical (unpaired) electrons. The maximum absolute atomic E-state index is 12.4. The highest BCUT2D eigenvalue weighted by atomic mass is 35.5. The summed E-state index contributed by atoms with van der Waals surface area (Å²) in [7, 11) is 0. The lowest BCUT2D eigenvalue weighted by molar-refractivity contribution is -0.118. The molecule has 0 aliphatic rings. The van der Waals surface area contributed by atoms with Crippen LogP contribution in [0, 0.1) is 0 Å². The predicted octanol–water partition coefficient (Wildman–Crippen LogP) is 5.09. The van der Waals surface area contributed by atoms with Crippen molar-refractivity contribution in [1.82, 2.24) is 5.32 Å². The highest BCUT2D eigenvalue weighted by Crippen LogP contribution is 2.23. The van der Waals surface area contributed by atoms with Gasteiger partial charge in [-0.15, -0.1) is 0 Å². The first-order chi connectivity index (χ1) is 15.1. The number of benzene rings is 3. The fourth-order valence-electron chi connectivity index (χ4n) is 3.06. The zero-order chi connectivity index (χ0) is 22.1. The molecule has 3 rings (SSSR count). The molecular formula is C25H25ClN2O3. The van der Waals surface area contributed by atoms with E-state index in [0.29, 0.717) is 23.5 Å². The molecule has 0 saturated heterocycles. The van der Waals surface area contributed by atoms with Crippen LogP contribution >= 0.6 is 11.6 Å². The van der Waals surface area contributed by atoms with Crippen molar-refractivity contribution in [2.24, 2.45) is 0 Å². The average Bonchev–Trinajstić information content (AvgIpc) is 2.77. The van der Waals surface area contributed by atoms with Gasteiger partial charge in [0, 0.05) is 18.7 Å². The highest BCUT2D eigenvalue weighted by molar-refractivity contribution is 6.34.